The number of Topliss-reactive ketones (excluding diaryl/α,β-unsaturated/α-hetero) is 1. The summed E-state index contributed by atoms with van der Waals surface area (Å²) in [6, 6.07) is 22.2. The summed E-state index contributed by atoms with van der Waals surface area (Å²) in [6.45, 7) is -0.459. The number of fused-ring (bicyclic) bond motifs is 2. The van der Waals surface area contributed by atoms with Gasteiger partial charge in [-0.2, -0.15) is 0 Å². The average molecular weight is 638 g/mol. The molecule has 240 valence electrons. The lowest BCUT2D eigenvalue weighted by atomic mass is 10.0. The number of nitrogens with zero attached hydrogens (tertiary/aromatic N) is 2. The number of amides is 3. The van der Waals surface area contributed by atoms with Crippen molar-refractivity contribution < 1.29 is 42.9 Å². The maximum absolute atomic E-state index is 14.4. The first-order chi connectivity index (χ1) is 22.8. The van der Waals surface area contributed by atoms with E-state index in [1.54, 1.807) is 92.0 Å². The highest BCUT2D eigenvalue weighted by Gasteiger charge is 2.39. The van der Waals surface area contributed by atoms with E-state index in [1.807, 2.05) is 0 Å². The van der Waals surface area contributed by atoms with Crippen LogP contribution in [-0.4, -0.2) is 63.1 Å². The molecular weight excluding hydrogens is 606 g/mol. The van der Waals surface area contributed by atoms with Gasteiger partial charge in [0.15, 0.2) is 23.0 Å². The lowest BCUT2D eigenvalue weighted by molar-refractivity contribution is -0.139. The Morgan fingerprint density at radius 3 is 2.34 bits per heavy atom. The molecule has 0 radical (unpaired) electrons. The van der Waals surface area contributed by atoms with E-state index >= 15 is 0 Å². The Kier molecular flexibility index (Phi) is 8.65. The predicted octanol–water partition coefficient (Wildman–Crippen LogP) is 4.38. The minimum absolute atomic E-state index is 0.0337. The molecular formula is C35H31N3O9. The van der Waals surface area contributed by atoms with Crippen LogP contribution in [0.5, 0.6) is 28.7 Å². The normalized spacial score (nSPS) is 13.6. The molecule has 1 atom stereocenters. The lowest BCUT2D eigenvalue weighted by Gasteiger charge is -2.33. The fourth-order valence-corrected chi connectivity index (χ4v) is 5.56. The summed E-state index contributed by atoms with van der Waals surface area (Å²) in [4.78, 5) is 57.1. The molecule has 4 aromatic rings. The van der Waals surface area contributed by atoms with E-state index < -0.39 is 36.1 Å². The number of ether oxygens (including phenoxy) is 5. The Balaban J connectivity index is 1.42. The van der Waals surface area contributed by atoms with E-state index in [-0.39, 0.29) is 18.9 Å². The van der Waals surface area contributed by atoms with Gasteiger partial charge in [-0.3, -0.25) is 24.1 Å². The summed E-state index contributed by atoms with van der Waals surface area (Å²) in [5.41, 5.74) is 2.05. The van der Waals surface area contributed by atoms with Gasteiger partial charge < -0.3 is 33.9 Å². The second-order valence-corrected chi connectivity index (χ2v) is 10.7. The van der Waals surface area contributed by atoms with Crippen molar-refractivity contribution in [2.75, 3.05) is 44.9 Å². The minimum atomic E-state index is -1.24. The van der Waals surface area contributed by atoms with Gasteiger partial charge in [0.2, 0.25) is 12.7 Å². The monoisotopic (exact) mass is 637 g/mol. The highest BCUT2D eigenvalue weighted by molar-refractivity contribution is 6.52. The summed E-state index contributed by atoms with van der Waals surface area (Å²) in [7, 11) is 4.51. The molecule has 2 aliphatic heterocycles. The van der Waals surface area contributed by atoms with E-state index in [0.29, 0.717) is 51.2 Å². The molecule has 0 bridgehead atoms. The number of nitrogens with one attached hydrogen (secondary N) is 1. The van der Waals surface area contributed by atoms with Crippen LogP contribution in [0.2, 0.25) is 0 Å². The Bertz CT molecular complexity index is 1860. The van der Waals surface area contributed by atoms with Gasteiger partial charge in [-0.15, -0.1) is 0 Å². The summed E-state index contributed by atoms with van der Waals surface area (Å²) in [6.07, 6.45) is 0. The van der Waals surface area contributed by atoms with Crippen LogP contribution in [0.15, 0.2) is 84.9 Å². The molecule has 47 heavy (non-hydrogen) atoms. The summed E-state index contributed by atoms with van der Waals surface area (Å²) in [5, 5.41) is 2.91. The number of ketones is 1. The minimum Gasteiger partial charge on any atom is -0.497 e. The zero-order valence-corrected chi connectivity index (χ0v) is 25.9. The molecule has 2 aliphatic rings. The first-order valence-electron chi connectivity index (χ1n) is 14.6. The maximum Gasteiger partial charge on any atom is 0.299 e. The smallest absolute Gasteiger partial charge is 0.299 e. The highest BCUT2D eigenvalue weighted by atomic mass is 16.7. The fraction of sp³-hybridized carbons (Fsp3) is 0.200. The standard InChI is InChI=1S/C35H31N3O9/c1-43-24-12-8-21(9-13-24)18-38(31(39)19-37-26-7-5-4-6-25(26)33(40)35(37)42)32(22-10-14-27(44-2)29(16-22)45-3)34(41)36-23-11-15-28-30(17-23)47-20-46-28/h4-17,32H,18-20H2,1-3H3,(H,36,41)/t32-/m0/s1. The van der Waals surface area contributed by atoms with E-state index in [0.717, 1.165) is 4.90 Å². The molecule has 0 fully saturated rings. The van der Waals surface area contributed by atoms with Crippen LogP contribution in [0.1, 0.15) is 27.5 Å². The Morgan fingerprint density at radius 2 is 1.60 bits per heavy atom. The van der Waals surface area contributed by atoms with Gasteiger partial charge in [0, 0.05) is 18.3 Å². The van der Waals surface area contributed by atoms with Crippen molar-refractivity contribution in [1.29, 1.82) is 0 Å². The third-order valence-corrected chi connectivity index (χ3v) is 7.93. The summed E-state index contributed by atoms with van der Waals surface area (Å²) >= 11 is 0. The van der Waals surface area contributed by atoms with E-state index in [4.69, 9.17) is 23.7 Å². The van der Waals surface area contributed by atoms with Gasteiger partial charge >= 0.3 is 0 Å². The molecule has 12 heteroatoms. The van der Waals surface area contributed by atoms with Gasteiger partial charge in [-0.05, 0) is 59.7 Å². The molecule has 4 aromatic carbocycles. The van der Waals surface area contributed by atoms with Crippen LogP contribution in [0.4, 0.5) is 11.4 Å². The number of carbonyl (C=O) groups is 4. The first-order valence-corrected chi connectivity index (χ1v) is 14.6. The predicted molar refractivity (Wildman–Crippen MR) is 170 cm³/mol. The van der Waals surface area contributed by atoms with Crippen LogP contribution >= 0.6 is 0 Å². The summed E-state index contributed by atoms with van der Waals surface area (Å²) < 4.78 is 27.1. The van der Waals surface area contributed by atoms with E-state index in [2.05, 4.69) is 5.32 Å². The van der Waals surface area contributed by atoms with Crippen molar-refractivity contribution in [3.05, 3.63) is 102 Å². The zero-order valence-electron chi connectivity index (χ0n) is 25.9. The number of para-hydroxylation sites is 1. The van der Waals surface area contributed by atoms with Crippen LogP contribution in [0, 0.1) is 0 Å². The number of anilines is 2. The average Bonchev–Trinajstić information content (AvgIpc) is 3.66. The quantitative estimate of drug-likeness (QED) is 0.238. The largest absolute Gasteiger partial charge is 0.497 e. The number of hydrogen-bond acceptors (Lipinski definition) is 9. The highest BCUT2D eigenvalue weighted by Crippen LogP contribution is 2.37. The van der Waals surface area contributed by atoms with E-state index in [1.165, 1.54) is 19.1 Å². The van der Waals surface area contributed by atoms with Gasteiger partial charge in [-0.1, -0.05) is 30.3 Å². The van der Waals surface area contributed by atoms with Crippen molar-refractivity contribution in [2.24, 2.45) is 0 Å². The van der Waals surface area contributed by atoms with Gasteiger partial charge in [0.25, 0.3) is 17.6 Å². The van der Waals surface area contributed by atoms with E-state index in [9.17, 15) is 19.2 Å². The molecule has 3 amide bonds. The Morgan fingerprint density at radius 1 is 0.851 bits per heavy atom. The van der Waals surface area contributed by atoms with Crippen LogP contribution in [0.3, 0.4) is 0 Å². The molecule has 6 rings (SSSR count). The number of hydrogen-bond donors (Lipinski definition) is 1. The molecule has 0 aromatic heterocycles. The third kappa shape index (κ3) is 6.12. The molecule has 2 heterocycles. The molecule has 0 saturated heterocycles. The lowest BCUT2D eigenvalue weighted by Crippen LogP contribution is -2.46. The van der Waals surface area contributed by atoms with Crippen LogP contribution in [0.25, 0.3) is 0 Å². The van der Waals surface area contributed by atoms with Crippen LogP contribution in [-0.2, 0) is 20.9 Å². The van der Waals surface area contributed by atoms with Crippen molar-refractivity contribution in [3.63, 3.8) is 0 Å². The van der Waals surface area contributed by atoms with Crippen molar-refractivity contribution in [3.8, 4) is 28.7 Å². The number of methoxy groups -OCH3 is 3. The zero-order chi connectivity index (χ0) is 33.1. The Labute approximate surface area is 270 Å². The van der Waals surface area contributed by atoms with Crippen molar-refractivity contribution in [2.45, 2.75) is 12.6 Å². The molecule has 0 unspecified atom stereocenters. The Hall–Kier alpha value is -6.04. The first kappa shape index (κ1) is 31.0. The summed E-state index contributed by atoms with van der Waals surface area (Å²) in [5.74, 6) is -0.270. The number of rotatable bonds is 11. The van der Waals surface area contributed by atoms with Gasteiger partial charge in [0.05, 0.1) is 32.6 Å². The molecule has 0 saturated carbocycles. The van der Waals surface area contributed by atoms with Crippen molar-refractivity contribution in [1.82, 2.24) is 4.90 Å². The molecule has 1 N–H and O–H groups in total. The molecule has 0 spiro atoms. The fourth-order valence-electron chi connectivity index (χ4n) is 5.56. The number of benzene rings is 4. The third-order valence-electron chi connectivity index (χ3n) is 7.93. The van der Waals surface area contributed by atoms with Crippen molar-refractivity contribution >= 4 is 34.9 Å². The molecule has 0 aliphatic carbocycles. The maximum atomic E-state index is 14.4. The molecule has 12 nitrogen and oxygen atoms in total. The number of carbonyl (C=O) groups excluding carboxylic acids is 4. The second kappa shape index (κ2) is 13.1. The van der Waals surface area contributed by atoms with Gasteiger partial charge in [0.1, 0.15) is 18.3 Å². The topological polar surface area (TPSA) is 133 Å². The van der Waals surface area contributed by atoms with Gasteiger partial charge in [-0.25, -0.2) is 0 Å². The van der Waals surface area contributed by atoms with Crippen LogP contribution < -0.4 is 33.9 Å². The SMILES string of the molecule is COc1ccc(CN(C(=O)CN2C(=O)C(=O)c3ccccc32)[C@H](C(=O)Nc2ccc3c(c2)OCO3)c2ccc(OC)c(OC)c2)cc1. The second-order valence-electron chi connectivity index (χ2n) is 10.7.